The van der Waals surface area contributed by atoms with Crippen molar-refractivity contribution in [1.82, 2.24) is 4.57 Å². The molecule has 0 aliphatic carbocycles. The van der Waals surface area contributed by atoms with Crippen LogP contribution in [0.2, 0.25) is 0 Å². The fourth-order valence-electron chi connectivity index (χ4n) is 1.05. The lowest BCUT2D eigenvalue weighted by molar-refractivity contribution is 0.321. The van der Waals surface area contributed by atoms with Gasteiger partial charge in [0.15, 0.2) is 0 Å². The monoisotopic (exact) mass is 152 g/mol. The van der Waals surface area contributed by atoms with Crippen molar-refractivity contribution >= 4 is 6.21 Å². The molecule has 3 nitrogen and oxygen atoms in total. The fraction of sp³-hybridized carbons (Fsp3) is 0.375. The average molecular weight is 152 g/mol. The van der Waals surface area contributed by atoms with Gasteiger partial charge in [-0.3, -0.25) is 0 Å². The van der Waals surface area contributed by atoms with E-state index in [9.17, 15) is 0 Å². The first-order valence-electron chi connectivity index (χ1n) is 3.60. The Morgan fingerprint density at radius 2 is 2.36 bits per heavy atom. The summed E-state index contributed by atoms with van der Waals surface area (Å²) in [6.45, 7) is 4.16. The van der Waals surface area contributed by atoms with Crippen LogP contribution in [0.1, 0.15) is 25.6 Å². The second kappa shape index (κ2) is 3.23. The van der Waals surface area contributed by atoms with Gasteiger partial charge in [0, 0.05) is 12.2 Å². The van der Waals surface area contributed by atoms with Crippen LogP contribution in [0.4, 0.5) is 0 Å². The van der Waals surface area contributed by atoms with E-state index >= 15 is 0 Å². The Labute approximate surface area is 66.0 Å². The molecule has 60 valence electrons. The third kappa shape index (κ3) is 1.61. The van der Waals surface area contributed by atoms with Crippen LogP contribution in [-0.4, -0.2) is 16.0 Å². The predicted octanol–water partition coefficient (Wildman–Crippen LogP) is 1.88. The van der Waals surface area contributed by atoms with E-state index in [2.05, 4.69) is 19.0 Å². The van der Waals surface area contributed by atoms with Gasteiger partial charge in [-0.25, -0.2) is 0 Å². The molecular formula is C8H12N2O. The first-order chi connectivity index (χ1) is 5.25. The summed E-state index contributed by atoms with van der Waals surface area (Å²) in [7, 11) is 0. The van der Waals surface area contributed by atoms with Gasteiger partial charge in [0.1, 0.15) is 0 Å². The summed E-state index contributed by atoms with van der Waals surface area (Å²) in [4.78, 5) is 0. The zero-order valence-electron chi connectivity index (χ0n) is 6.73. The van der Waals surface area contributed by atoms with Gasteiger partial charge >= 0.3 is 0 Å². The molecule has 0 aliphatic rings. The molecular weight excluding hydrogens is 140 g/mol. The molecule has 1 heterocycles. The van der Waals surface area contributed by atoms with E-state index in [1.54, 1.807) is 0 Å². The minimum atomic E-state index is 0.401. The Kier molecular flexibility index (Phi) is 2.31. The van der Waals surface area contributed by atoms with E-state index in [-0.39, 0.29) is 0 Å². The van der Waals surface area contributed by atoms with Crippen molar-refractivity contribution in [1.29, 1.82) is 0 Å². The van der Waals surface area contributed by atoms with Crippen LogP contribution in [0.15, 0.2) is 23.5 Å². The summed E-state index contributed by atoms with van der Waals surface area (Å²) in [5.41, 5.74) is 0.919. The molecule has 0 aromatic carbocycles. The average Bonchev–Trinajstić information content (AvgIpc) is 2.36. The Bertz CT molecular complexity index is 250. The zero-order chi connectivity index (χ0) is 8.27. The van der Waals surface area contributed by atoms with Crippen molar-refractivity contribution < 1.29 is 5.21 Å². The summed E-state index contributed by atoms with van der Waals surface area (Å²) in [5, 5.41) is 11.3. The van der Waals surface area contributed by atoms with Gasteiger partial charge in [-0.1, -0.05) is 5.16 Å². The predicted molar refractivity (Wildman–Crippen MR) is 44.2 cm³/mol. The summed E-state index contributed by atoms with van der Waals surface area (Å²) in [6.07, 6.45) is 3.39. The first-order valence-corrected chi connectivity index (χ1v) is 3.60. The maximum atomic E-state index is 8.30. The molecule has 0 aliphatic heterocycles. The quantitative estimate of drug-likeness (QED) is 0.392. The van der Waals surface area contributed by atoms with Gasteiger partial charge in [0.05, 0.1) is 11.9 Å². The summed E-state index contributed by atoms with van der Waals surface area (Å²) in [5.74, 6) is 0. The number of hydrogen-bond acceptors (Lipinski definition) is 2. The molecule has 0 atom stereocenters. The molecule has 0 unspecified atom stereocenters. The van der Waals surface area contributed by atoms with Gasteiger partial charge in [-0.15, -0.1) is 0 Å². The minimum absolute atomic E-state index is 0.401. The van der Waals surface area contributed by atoms with Gasteiger partial charge in [-0.2, -0.15) is 0 Å². The van der Waals surface area contributed by atoms with Gasteiger partial charge in [-0.05, 0) is 26.0 Å². The lowest BCUT2D eigenvalue weighted by Crippen LogP contribution is -2.02. The van der Waals surface area contributed by atoms with E-state index in [4.69, 9.17) is 5.21 Å². The fourth-order valence-corrected chi connectivity index (χ4v) is 1.05. The number of rotatable bonds is 2. The summed E-state index contributed by atoms with van der Waals surface area (Å²) >= 11 is 0. The lowest BCUT2D eigenvalue weighted by Gasteiger charge is -2.08. The van der Waals surface area contributed by atoms with Crippen LogP contribution in [0.3, 0.4) is 0 Å². The van der Waals surface area contributed by atoms with Crippen molar-refractivity contribution in [3.63, 3.8) is 0 Å². The molecule has 1 aromatic heterocycles. The molecule has 0 fully saturated rings. The number of oxime groups is 1. The molecule has 0 amide bonds. The maximum Gasteiger partial charge on any atom is 0.0898 e. The van der Waals surface area contributed by atoms with E-state index < -0.39 is 0 Å². The van der Waals surface area contributed by atoms with E-state index in [0.29, 0.717) is 6.04 Å². The van der Waals surface area contributed by atoms with E-state index in [1.807, 2.05) is 22.9 Å². The second-order valence-corrected chi connectivity index (χ2v) is 2.68. The highest BCUT2D eigenvalue weighted by Crippen LogP contribution is 2.08. The van der Waals surface area contributed by atoms with E-state index in [0.717, 1.165) is 5.69 Å². The molecule has 0 saturated heterocycles. The Balaban J connectivity index is 2.96. The van der Waals surface area contributed by atoms with Crippen LogP contribution in [0.5, 0.6) is 0 Å². The smallest absolute Gasteiger partial charge is 0.0898 e. The highest BCUT2D eigenvalue weighted by atomic mass is 16.4. The van der Waals surface area contributed by atoms with Crippen LogP contribution >= 0.6 is 0 Å². The summed E-state index contributed by atoms with van der Waals surface area (Å²) in [6, 6.07) is 4.23. The lowest BCUT2D eigenvalue weighted by atomic mass is 10.3. The van der Waals surface area contributed by atoms with Crippen LogP contribution in [0.25, 0.3) is 0 Å². The molecule has 1 N–H and O–H groups in total. The first kappa shape index (κ1) is 7.85. The van der Waals surface area contributed by atoms with E-state index in [1.165, 1.54) is 6.21 Å². The molecule has 11 heavy (non-hydrogen) atoms. The normalized spacial score (nSPS) is 11.5. The maximum absolute atomic E-state index is 8.30. The highest BCUT2D eigenvalue weighted by molar-refractivity contribution is 5.76. The SMILES string of the molecule is CC(C)n1cccc1/C=N/O. The van der Waals surface area contributed by atoms with Crippen LogP contribution in [-0.2, 0) is 0 Å². The topological polar surface area (TPSA) is 37.5 Å². The zero-order valence-corrected chi connectivity index (χ0v) is 6.73. The number of aromatic nitrogens is 1. The molecule has 3 heteroatoms. The Hall–Kier alpha value is -1.25. The van der Waals surface area contributed by atoms with Crippen molar-refractivity contribution in [2.45, 2.75) is 19.9 Å². The second-order valence-electron chi connectivity index (χ2n) is 2.68. The van der Waals surface area contributed by atoms with Gasteiger partial charge in [0.25, 0.3) is 0 Å². The molecule has 0 spiro atoms. The number of hydrogen-bond donors (Lipinski definition) is 1. The van der Waals surface area contributed by atoms with Crippen molar-refractivity contribution in [3.05, 3.63) is 24.0 Å². The highest BCUT2D eigenvalue weighted by Gasteiger charge is 2.00. The number of nitrogens with zero attached hydrogens (tertiary/aromatic N) is 2. The van der Waals surface area contributed by atoms with Crippen molar-refractivity contribution in [2.24, 2.45) is 5.16 Å². The molecule has 1 aromatic rings. The standard InChI is InChI=1S/C8H12N2O/c1-7(2)10-5-3-4-8(10)6-9-11/h3-7,11H,1-2H3/b9-6+. The third-order valence-electron chi connectivity index (χ3n) is 1.56. The van der Waals surface area contributed by atoms with Crippen LogP contribution in [0, 0.1) is 0 Å². The third-order valence-corrected chi connectivity index (χ3v) is 1.56. The van der Waals surface area contributed by atoms with Gasteiger partial charge < -0.3 is 9.77 Å². The molecule has 0 bridgehead atoms. The molecule has 0 radical (unpaired) electrons. The van der Waals surface area contributed by atoms with Crippen molar-refractivity contribution in [2.75, 3.05) is 0 Å². The largest absolute Gasteiger partial charge is 0.411 e. The Morgan fingerprint density at radius 1 is 1.64 bits per heavy atom. The Morgan fingerprint density at radius 3 is 2.91 bits per heavy atom. The molecule has 1 rings (SSSR count). The van der Waals surface area contributed by atoms with Gasteiger partial charge in [0.2, 0.25) is 0 Å². The van der Waals surface area contributed by atoms with Crippen LogP contribution < -0.4 is 0 Å². The summed E-state index contributed by atoms with van der Waals surface area (Å²) < 4.78 is 2.03. The van der Waals surface area contributed by atoms with Crippen molar-refractivity contribution in [3.8, 4) is 0 Å². The molecule has 0 saturated carbocycles. The minimum Gasteiger partial charge on any atom is -0.411 e.